The summed E-state index contributed by atoms with van der Waals surface area (Å²) >= 11 is 0. The van der Waals surface area contributed by atoms with Crippen molar-refractivity contribution in [1.29, 1.82) is 0 Å². The van der Waals surface area contributed by atoms with E-state index >= 15 is 0 Å². The smallest absolute Gasteiger partial charge is 0.232 e. The van der Waals surface area contributed by atoms with Gasteiger partial charge in [0.15, 0.2) is 5.58 Å². The van der Waals surface area contributed by atoms with Gasteiger partial charge >= 0.3 is 0 Å². The normalized spacial score (nSPS) is 11.5. The van der Waals surface area contributed by atoms with Gasteiger partial charge in [0.1, 0.15) is 28.2 Å². The van der Waals surface area contributed by atoms with Crippen molar-refractivity contribution in [2.24, 2.45) is 0 Å². The van der Waals surface area contributed by atoms with Crippen molar-refractivity contribution in [2.45, 2.75) is 0 Å². The summed E-state index contributed by atoms with van der Waals surface area (Å²) in [4.78, 5) is 14.6. The molecule has 0 spiro atoms. The number of imidazole rings is 1. The monoisotopic (exact) mass is 606 g/mol. The van der Waals surface area contributed by atoms with Crippen LogP contribution in [0.15, 0.2) is 156 Å². The minimum Gasteiger partial charge on any atom is -0.507 e. The Bertz CT molecular complexity index is 2520. The predicted molar refractivity (Wildman–Crippen MR) is 187 cm³/mol. The zero-order valence-electron chi connectivity index (χ0n) is 25.1. The molecule has 1 N–H and O–H groups in total. The van der Waals surface area contributed by atoms with Gasteiger partial charge in [0, 0.05) is 29.1 Å². The van der Waals surface area contributed by atoms with Gasteiger partial charge in [-0.2, -0.15) is 0 Å². The number of hydrogen-bond donors (Lipinski definition) is 1. The number of rotatable bonds is 5. The summed E-state index contributed by atoms with van der Waals surface area (Å²) in [6.07, 6.45) is 3.59. The van der Waals surface area contributed by atoms with E-state index in [9.17, 15) is 5.11 Å². The molecule has 9 aromatic rings. The molecule has 0 aliphatic carbocycles. The second kappa shape index (κ2) is 10.8. The van der Waals surface area contributed by atoms with Crippen LogP contribution in [0.5, 0.6) is 5.75 Å². The Labute approximate surface area is 269 Å². The Balaban J connectivity index is 1.37. The maximum absolute atomic E-state index is 10.7. The van der Waals surface area contributed by atoms with Crippen molar-refractivity contribution < 1.29 is 9.52 Å². The molecule has 0 aliphatic rings. The van der Waals surface area contributed by atoms with Crippen LogP contribution in [0, 0.1) is 0 Å². The fourth-order valence-corrected chi connectivity index (χ4v) is 6.48. The molecular weight excluding hydrogens is 580 g/mol. The molecule has 6 nitrogen and oxygen atoms in total. The third kappa shape index (κ3) is 4.46. The van der Waals surface area contributed by atoms with E-state index in [-0.39, 0.29) is 5.75 Å². The molecule has 5 aromatic carbocycles. The highest BCUT2D eigenvalue weighted by Gasteiger charge is 2.22. The van der Waals surface area contributed by atoms with Crippen LogP contribution in [0.4, 0.5) is 0 Å². The fraction of sp³-hybridized carbons (Fsp3) is 0. The second-order valence-electron chi connectivity index (χ2n) is 11.4. The first-order valence-corrected chi connectivity index (χ1v) is 15.4. The molecular formula is C41H26N4O2. The van der Waals surface area contributed by atoms with Crippen molar-refractivity contribution in [3.63, 3.8) is 0 Å². The number of hydrogen-bond acceptors (Lipinski definition) is 5. The van der Waals surface area contributed by atoms with Crippen LogP contribution in [0.3, 0.4) is 0 Å². The first-order chi connectivity index (χ1) is 23.2. The van der Waals surface area contributed by atoms with Gasteiger partial charge < -0.3 is 9.52 Å². The highest BCUT2D eigenvalue weighted by molar-refractivity contribution is 6.05. The molecule has 0 bridgehead atoms. The fourth-order valence-electron chi connectivity index (χ4n) is 6.48. The van der Waals surface area contributed by atoms with Crippen molar-refractivity contribution in [3.05, 3.63) is 152 Å². The standard InChI is InChI=1S/C41H26N4O2/c46-35-23-24-42-41-37(35)38-36(47-41)22-21-33(43-38)34-25-45(40(44-34)32-20-9-16-26-15-7-8-17-29(26)32)39-30(27-11-3-1-4-12-27)18-10-19-31(39)28-13-5-2-6-14-28/h1-25H,(H,42,46). The zero-order chi connectivity index (χ0) is 31.3. The Morgan fingerprint density at radius 3 is 2.00 bits per heavy atom. The van der Waals surface area contributed by atoms with E-state index < -0.39 is 0 Å². The summed E-state index contributed by atoms with van der Waals surface area (Å²) in [5, 5.41) is 13.4. The first kappa shape index (κ1) is 26.8. The van der Waals surface area contributed by atoms with E-state index in [1.54, 1.807) is 6.07 Å². The molecule has 47 heavy (non-hydrogen) atoms. The molecule has 0 amide bonds. The quantitative estimate of drug-likeness (QED) is 0.211. The van der Waals surface area contributed by atoms with E-state index in [1.165, 1.54) is 6.20 Å². The van der Waals surface area contributed by atoms with Gasteiger partial charge in [0.25, 0.3) is 0 Å². The van der Waals surface area contributed by atoms with Gasteiger partial charge in [-0.3, -0.25) is 4.57 Å². The van der Waals surface area contributed by atoms with Gasteiger partial charge in [-0.15, -0.1) is 0 Å². The molecule has 0 atom stereocenters. The molecule has 0 unspecified atom stereocenters. The summed E-state index contributed by atoms with van der Waals surface area (Å²) in [5.41, 5.74) is 9.17. The molecule has 0 radical (unpaired) electrons. The number of benzene rings is 5. The zero-order valence-corrected chi connectivity index (χ0v) is 25.1. The summed E-state index contributed by atoms with van der Waals surface area (Å²) in [5.74, 6) is 0.866. The van der Waals surface area contributed by atoms with Crippen LogP contribution < -0.4 is 0 Å². The predicted octanol–water partition coefficient (Wildman–Crippen LogP) is 10.1. The van der Waals surface area contributed by atoms with Crippen LogP contribution in [-0.2, 0) is 0 Å². The average Bonchev–Trinajstić information content (AvgIpc) is 3.74. The molecule has 0 aliphatic heterocycles. The van der Waals surface area contributed by atoms with E-state index in [1.807, 2.05) is 24.3 Å². The third-order valence-corrected chi connectivity index (χ3v) is 8.64. The summed E-state index contributed by atoms with van der Waals surface area (Å²) in [6.45, 7) is 0. The Kier molecular flexibility index (Phi) is 6.18. The first-order valence-electron chi connectivity index (χ1n) is 15.4. The molecule has 4 heterocycles. The minimum atomic E-state index is 0.0738. The number of fused-ring (bicyclic) bond motifs is 4. The van der Waals surface area contributed by atoms with E-state index in [2.05, 4.69) is 125 Å². The second-order valence-corrected chi connectivity index (χ2v) is 11.4. The van der Waals surface area contributed by atoms with E-state index in [0.29, 0.717) is 33.6 Å². The molecule has 0 saturated heterocycles. The van der Waals surface area contributed by atoms with Crippen LogP contribution in [-0.4, -0.2) is 24.6 Å². The lowest BCUT2D eigenvalue weighted by Gasteiger charge is -2.19. The number of pyridine rings is 2. The molecule has 4 aromatic heterocycles. The van der Waals surface area contributed by atoms with Crippen molar-refractivity contribution in [1.82, 2.24) is 19.5 Å². The Morgan fingerprint density at radius 1 is 0.574 bits per heavy atom. The summed E-state index contributed by atoms with van der Waals surface area (Å²) < 4.78 is 8.12. The minimum absolute atomic E-state index is 0.0738. The number of aromatic nitrogens is 4. The SMILES string of the molecule is Oc1ccnc2oc3ccc(-c4cn(-c5c(-c6ccccc6)cccc5-c5ccccc5)c(-c5cccc6ccccc56)n4)nc3c12. The summed E-state index contributed by atoms with van der Waals surface area (Å²) in [7, 11) is 0. The molecule has 9 rings (SSSR count). The number of furan rings is 1. The van der Waals surface area contributed by atoms with Crippen molar-refractivity contribution >= 4 is 33.0 Å². The van der Waals surface area contributed by atoms with Gasteiger partial charge in [0.2, 0.25) is 5.71 Å². The van der Waals surface area contributed by atoms with E-state index in [0.717, 1.165) is 50.1 Å². The molecule has 6 heteroatoms. The topological polar surface area (TPSA) is 77.0 Å². The highest BCUT2D eigenvalue weighted by Crippen LogP contribution is 2.41. The van der Waals surface area contributed by atoms with Gasteiger partial charge in [-0.25, -0.2) is 15.0 Å². The van der Waals surface area contributed by atoms with Crippen LogP contribution in [0.25, 0.3) is 83.7 Å². The van der Waals surface area contributed by atoms with Gasteiger partial charge in [-0.05, 0) is 40.1 Å². The maximum Gasteiger partial charge on any atom is 0.232 e. The lowest BCUT2D eigenvalue weighted by molar-refractivity contribution is 0.480. The number of para-hydroxylation sites is 1. The average molecular weight is 607 g/mol. The molecule has 222 valence electrons. The van der Waals surface area contributed by atoms with Crippen LogP contribution >= 0.6 is 0 Å². The third-order valence-electron chi connectivity index (χ3n) is 8.64. The van der Waals surface area contributed by atoms with Crippen molar-refractivity contribution in [3.8, 4) is 56.5 Å². The van der Waals surface area contributed by atoms with Crippen LogP contribution in [0.1, 0.15) is 0 Å². The lowest BCUT2D eigenvalue weighted by Crippen LogP contribution is -2.02. The Hall–Kier alpha value is -6.53. The van der Waals surface area contributed by atoms with Crippen LogP contribution in [0.2, 0.25) is 0 Å². The molecule has 0 saturated carbocycles. The van der Waals surface area contributed by atoms with Gasteiger partial charge in [0.05, 0.1) is 11.4 Å². The highest BCUT2D eigenvalue weighted by atomic mass is 16.3. The van der Waals surface area contributed by atoms with Gasteiger partial charge in [-0.1, -0.05) is 121 Å². The lowest BCUT2D eigenvalue weighted by atomic mass is 9.95. The number of aromatic hydroxyl groups is 1. The van der Waals surface area contributed by atoms with E-state index in [4.69, 9.17) is 14.4 Å². The number of nitrogens with zero attached hydrogens (tertiary/aromatic N) is 4. The van der Waals surface area contributed by atoms with Crippen molar-refractivity contribution in [2.75, 3.05) is 0 Å². The maximum atomic E-state index is 10.7. The summed E-state index contributed by atoms with van der Waals surface area (Å²) in [6, 6.07) is 47.4. The molecule has 0 fully saturated rings. The Morgan fingerprint density at radius 2 is 1.23 bits per heavy atom. The largest absolute Gasteiger partial charge is 0.507 e.